The predicted molar refractivity (Wildman–Crippen MR) is 80.8 cm³/mol. The van der Waals surface area contributed by atoms with E-state index >= 15 is 0 Å². The molecule has 0 aliphatic carbocycles. The van der Waals surface area contributed by atoms with Crippen molar-refractivity contribution >= 4 is 0 Å². The van der Waals surface area contributed by atoms with E-state index in [1.165, 1.54) is 38.5 Å². The molecule has 0 spiro atoms. The molecule has 0 aromatic heterocycles. The van der Waals surface area contributed by atoms with Crippen LogP contribution >= 0.6 is 0 Å². The van der Waals surface area contributed by atoms with Crippen molar-refractivity contribution in [1.29, 1.82) is 0 Å². The van der Waals surface area contributed by atoms with Crippen molar-refractivity contribution in [2.24, 2.45) is 11.8 Å². The second kappa shape index (κ2) is 16.9. The van der Waals surface area contributed by atoms with E-state index in [1.54, 1.807) is 0 Å². The van der Waals surface area contributed by atoms with Gasteiger partial charge in [0.2, 0.25) is 0 Å². The second-order valence-electron chi connectivity index (χ2n) is 5.20. The van der Waals surface area contributed by atoms with Crippen LogP contribution in [0.3, 0.4) is 0 Å². The largest absolute Gasteiger partial charge is 0.396 e. The molecule has 0 saturated heterocycles. The maximum atomic E-state index is 8.75. The van der Waals surface area contributed by atoms with Crippen molar-refractivity contribution in [3.05, 3.63) is 0 Å². The van der Waals surface area contributed by atoms with Crippen molar-refractivity contribution in [2.45, 2.75) is 79.1 Å². The summed E-state index contributed by atoms with van der Waals surface area (Å²) in [5, 5.41) is 17.5. The molecule has 0 heterocycles. The molecule has 2 heteroatoms. The topological polar surface area (TPSA) is 40.5 Å². The minimum absolute atomic E-state index is 0.372. The highest BCUT2D eigenvalue weighted by Crippen LogP contribution is 2.11. The standard InChI is InChI=1S/2C8H18O/c2*1-3-5-6-8(4-2)7-9/h2*8-9H,3-7H2,1-2H3. The first kappa shape index (κ1) is 20.2. The van der Waals surface area contributed by atoms with Crippen LogP contribution in [0, 0.1) is 11.8 Å². The van der Waals surface area contributed by atoms with Crippen LogP contribution in [0.1, 0.15) is 79.1 Å². The molecule has 0 saturated carbocycles. The van der Waals surface area contributed by atoms with Gasteiger partial charge in [-0.05, 0) is 24.7 Å². The maximum absolute atomic E-state index is 8.75. The fraction of sp³-hybridized carbons (Fsp3) is 1.00. The van der Waals surface area contributed by atoms with E-state index in [-0.39, 0.29) is 0 Å². The zero-order valence-electron chi connectivity index (χ0n) is 13.1. The van der Waals surface area contributed by atoms with E-state index in [9.17, 15) is 0 Å². The molecular weight excluding hydrogens is 224 g/mol. The van der Waals surface area contributed by atoms with Gasteiger partial charge < -0.3 is 10.2 Å². The highest BCUT2D eigenvalue weighted by atomic mass is 16.3. The van der Waals surface area contributed by atoms with Crippen molar-refractivity contribution < 1.29 is 10.2 Å². The lowest BCUT2D eigenvalue weighted by Gasteiger charge is -2.08. The number of aliphatic hydroxyl groups is 2. The SMILES string of the molecule is CCCCC(CC)CO.CCCCC(CC)CO. The average Bonchev–Trinajstić information content (AvgIpc) is 2.42. The summed E-state index contributed by atoms with van der Waals surface area (Å²) in [6.07, 6.45) is 9.66. The quantitative estimate of drug-likeness (QED) is 0.611. The molecule has 2 N–H and O–H groups in total. The third kappa shape index (κ3) is 14.0. The van der Waals surface area contributed by atoms with Crippen LogP contribution in [-0.2, 0) is 0 Å². The molecular formula is C16H36O2. The zero-order chi connectivity index (χ0) is 14.2. The number of hydrogen-bond donors (Lipinski definition) is 2. The first-order valence-electron chi connectivity index (χ1n) is 7.91. The minimum atomic E-state index is 0.372. The highest BCUT2D eigenvalue weighted by Gasteiger charge is 2.02. The Bertz CT molecular complexity index is 113. The van der Waals surface area contributed by atoms with Gasteiger partial charge in [0.05, 0.1) is 0 Å². The minimum Gasteiger partial charge on any atom is -0.396 e. The average molecular weight is 260 g/mol. The van der Waals surface area contributed by atoms with Gasteiger partial charge in [0.1, 0.15) is 0 Å². The summed E-state index contributed by atoms with van der Waals surface area (Å²) in [7, 11) is 0. The van der Waals surface area contributed by atoms with Gasteiger partial charge in [-0.15, -0.1) is 0 Å². The Morgan fingerprint density at radius 3 is 1.17 bits per heavy atom. The number of rotatable bonds is 10. The van der Waals surface area contributed by atoms with Crippen LogP contribution in [0.15, 0.2) is 0 Å². The van der Waals surface area contributed by atoms with E-state index in [0.717, 1.165) is 12.8 Å². The summed E-state index contributed by atoms with van der Waals surface area (Å²) in [5.74, 6) is 1.12. The van der Waals surface area contributed by atoms with E-state index in [0.29, 0.717) is 25.0 Å². The van der Waals surface area contributed by atoms with Crippen LogP contribution in [0.5, 0.6) is 0 Å². The van der Waals surface area contributed by atoms with Crippen molar-refractivity contribution in [2.75, 3.05) is 13.2 Å². The molecule has 0 aromatic rings. The fourth-order valence-corrected chi connectivity index (χ4v) is 1.83. The van der Waals surface area contributed by atoms with Gasteiger partial charge >= 0.3 is 0 Å². The van der Waals surface area contributed by atoms with Gasteiger partial charge in [0.15, 0.2) is 0 Å². The molecule has 2 atom stereocenters. The molecule has 0 aromatic carbocycles. The first-order chi connectivity index (χ1) is 8.69. The lowest BCUT2D eigenvalue weighted by Crippen LogP contribution is -2.03. The van der Waals surface area contributed by atoms with Gasteiger partial charge in [-0.2, -0.15) is 0 Å². The van der Waals surface area contributed by atoms with Crippen molar-refractivity contribution in [3.63, 3.8) is 0 Å². The highest BCUT2D eigenvalue weighted by molar-refractivity contribution is 4.54. The third-order valence-corrected chi connectivity index (χ3v) is 3.60. The van der Waals surface area contributed by atoms with Crippen LogP contribution in [0.2, 0.25) is 0 Å². The fourth-order valence-electron chi connectivity index (χ4n) is 1.83. The molecule has 2 unspecified atom stereocenters. The molecule has 0 radical (unpaired) electrons. The van der Waals surface area contributed by atoms with Crippen LogP contribution in [-0.4, -0.2) is 23.4 Å². The molecule has 112 valence electrons. The summed E-state index contributed by atoms with van der Waals surface area (Å²) in [5.41, 5.74) is 0. The van der Waals surface area contributed by atoms with Gasteiger partial charge in [0.25, 0.3) is 0 Å². The number of unbranched alkanes of at least 4 members (excludes halogenated alkanes) is 2. The van der Waals surface area contributed by atoms with E-state index < -0.39 is 0 Å². The monoisotopic (exact) mass is 260 g/mol. The Labute approximate surface area is 115 Å². The van der Waals surface area contributed by atoms with Gasteiger partial charge in [-0.3, -0.25) is 0 Å². The maximum Gasteiger partial charge on any atom is 0.0459 e. The van der Waals surface area contributed by atoms with Crippen molar-refractivity contribution in [1.82, 2.24) is 0 Å². The summed E-state index contributed by atoms with van der Waals surface area (Å²) in [4.78, 5) is 0. The summed E-state index contributed by atoms with van der Waals surface area (Å²) in [6, 6.07) is 0. The Morgan fingerprint density at radius 1 is 0.667 bits per heavy atom. The molecule has 18 heavy (non-hydrogen) atoms. The molecule has 0 rings (SSSR count). The second-order valence-corrected chi connectivity index (χ2v) is 5.20. The lowest BCUT2D eigenvalue weighted by molar-refractivity contribution is 0.212. The molecule has 2 nitrogen and oxygen atoms in total. The Balaban J connectivity index is 0. The number of hydrogen-bond acceptors (Lipinski definition) is 2. The predicted octanol–water partition coefficient (Wildman–Crippen LogP) is 4.39. The first-order valence-corrected chi connectivity index (χ1v) is 7.91. The Hall–Kier alpha value is -0.0800. The molecule has 0 aliphatic rings. The molecule has 0 amide bonds. The summed E-state index contributed by atoms with van der Waals surface area (Å²) < 4.78 is 0. The smallest absolute Gasteiger partial charge is 0.0459 e. The normalized spacial score (nSPS) is 13.7. The third-order valence-electron chi connectivity index (χ3n) is 3.60. The van der Waals surface area contributed by atoms with Crippen LogP contribution in [0.4, 0.5) is 0 Å². The van der Waals surface area contributed by atoms with E-state index in [2.05, 4.69) is 27.7 Å². The Kier molecular flexibility index (Phi) is 19.0. The van der Waals surface area contributed by atoms with Gasteiger partial charge in [-0.25, -0.2) is 0 Å². The summed E-state index contributed by atoms with van der Waals surface area (Å²) >= 11 is 0. The van der Waals surface area contributed by atoms with E-state index in [1.807, 2.05) is 0 Å². The molecule has 0 aliphatic heterocycles. The van der Waals surface area contributed by atoms with Gasteiger partial charge in [0, 0.05) is 13.2 Å². The van der Waals surface area contributed by atoms with Crippen LogP contribution < -0.4 is 0 Å². The molecule has 0 bridgehead atoms. The lowest BCUT2D eigenvalue weighted by atomic mass is 10.0. The Morgan fingerprint density at radius 2 is 1.00 bits per heavy atom. The molecule has 0 fully saturated rings. The summed E-state index contributed by atoms with van der Waals surface area (Å²) in [6.45, 7) is 9.38. The zero-order valence-corrected chi connectivity index (χ0v) is 13.1. The van der Waals surface area contributed by atoms with E-state index in [4.69, 9.17) is 10.2 Å². The van der Waals surface area contributed by atoms with Crippen LogP contribution in [0.25, 0.3) is 0 Å². The van der Waals surface area contributed by atoms with Crippen molar-refractivity contribution in [3.8, 4) is 0 Å². The van der Waals surface area contributed by atoms with Gasteiger partial charge in [-0.1, -0.05) is 66.2 Å². The number of aliphatic hydroxyl groups excluding tert-OH is 2.